The zero-order valence-corrected chi connectivity index (χ0v) is 14.9. The molecule has 1 unspecified atom stereocenters. The summed E-state index contributed by atoms with van der Waals surface area (Å²) in [7, 11) is 0. The maximum absolute atomic E-state index is 14.6. The van der Waals surface area contributed by atoms with Crippen LogP contribution in [-0.2, 0) is 0 Å². The van der Waals surface area contributed by atoms with Gasteiger partial charge < -0.3 is 10.2 Å². The monoisotopic (exact) mass is 381 g/mol. The van der Waals surface area contributed by atoms with E-state index in [-0.39, 0.29) is 11.3 Å². The van der Waals surface area contributed by atoms with Gasteiger partial charge in [-0.05, 0) is 64.4 Å². The number of phenolic OH excluding ortho intramolecular Hbond substituents is 2. The normalized spacial score (nSPS) is 15.3. The largest absolute Gasteiger partial charge is 0.508 e. The second-order valence-electron chi connectivity index (χ2n) is 6.43. The number of hydrogen-bond acceptors (Lipinski definition) is 4. The first-order valence-electron chi connectivity index (χ1n) is 8.10. The van der Waals surface area contributed by atoms with E-state index in [1.807, 2.05) is 6.92 Å². The van der Waals surface area contributed by atoms with Gasteiger partial charge >= 0.3 is 0 Å². The molecule has 27 heavy (non-hydrogen) atoms. The lowest BCUT2D eigenvalue weighted by atomic mass is 9.84. The lowest BCUT2D eigenvalue weighted by Crippen LogP contribution is -2.04. The molecule has 2 N–H and O–H groups in total. The highest BCUT2D eigenvalue weighted by molar-refractivity contribution is 7.08. The molecule has 1 atom stereocenters. The van der Waals surface area contributed by atoms with E-state index < -0.39 is 23.3 Å². The molecule has 0 bridgehead atoms. The number of thiophene rings is 1. The molecule has 3 aromatic rings. The quantitative estimate of drug-likeness (QED) is 0.633. The van der Waals surface area contributed by atoms with Crippen LogP contribution in [0.25, 0.3) is 11.6 Å². The lowest BCUT2D eigenvalue weighted by Gasteiger charge is -2.18. The van der Waals surface area contributed by atoms with Crippen molar-refractivity contribution in [2.45, 2.75) is 12.8 Å². The fourth-order valence-electron chi connectivity index (χ4n) is 3.60. The van der Waals surface area contributed by atoms with E-state index >= 15 is 0 Å². The van der Waals surface area contributed by atoms with Crippen LogP contribution in [0.2, 0.25) is 0 Å². The summed E-state index contributed by atoms with van der Waals surface area (Å²) in [6, 6.07) is 7.02. The van der Waals surface area contributed by atoms with Crippen LogP contribution in [0.4, 0.5) is 8.78 Å². The summed E-state index contributed by atoms with van der Waals surface area (Å²) >= 11 is 1.35. The topological polar surface area (TPSA) is 64.2 Å². The van der Waals surface area contributed by atoms with Gasteiger partial charge in [-0.1, -0.05) is 0 Å². The molecule has 3 nitrogen and oxygen atoms in total. The number of phenols is 2. The molecule has 1 heterocycles. The Hall–Kier alpha value is -3.17. The number of aryl methyl sites for hydroxylation is 1. The van der Waals surface area contributed by atoms with Crippen molar-refractivity contribution in [3.05, 3.63) is 80.0 Å². The van der Waals surface area contributed by atoms with Gasteiger partial charge in [-0.3, -0.25) is 0 Å². The Morgan fingerprint density at radius 3 is 2.56 bits per heavy atom. The summed E-state index contributed by atoms with van der Waals surface area (Å²) in [4.78, 5) is 0. The number of aromatic hydroxyl groups is 2. The van der Waals surface area contributed by atoms with Crippen LogP contribution >= 0.6 is 11.3 Å². The van der Waals surface area contributed by atoms with Gasteiger partial charge in [0.25, 0.3) is 0 Å². The van der Waals surface area contributed by atoms with Crippen LogP contribution in [-0.4, -0.2) is 10.2 Å². The number of hydrogen-bond donors (Lipinski definition) is 2. The lowest BCUT2D eigenvalue weighted by molar-refractivity contribution is 0.426. The first kappa shape index (κ1) is 17.3. The van der Waals surface area contributed by atoms with Crippen molar-refractivity contribution in [2.24, 2.45) is 0 Å². The molecule has 6 heteroatoms. The van der Waals surface area contributed by atoms with E-state index in [4.69, 9.17) is 0 Å². The highest BCUT2D eigenvalue weighted by Crippen LogP contribution is 2.50. The maximum atomic E-state index is 14.6. The molecule has 0 amide bonds. The minimum atomic E-state index is -0.924. The predicted octanol–water partition coefficient (Wildman–Crippen LogP) is 5.30. The molecule has 1 aromatic heterocycles. The first-order valence-corrected chi connectivity index (χ1v) is 9.04. The molecule has 1 aliphatic rings. The Morgan fingerprint density at radius 1 is 1.04 bits per heavy atom. The standard InChI is InChI=1S/C21H13F2NO2S/c1-10-2-12(25)3-15-13(10)4-16(14-5-19(23)20(26)6-18(14)22)21(15)17-9-27-8-11(17)7-24/h2-6,8-9,21,25-26H,1H3. The number of fused-ring (bicyclic) bond motifs is 1. The van der Waals surface area contributed by atoms with Crippen LogP contribution < -0.4 is 0 Å². The minimum Gasteiger partial charge on any atom is -0.508 e. The zero-order valence-electron chi connectivity index (χ0n) is 14.1. The fourth-order valence-corrected chi connectivity index (χ4v) is 4.40. The van der Waals surface area contributed by atoms with Crippen LogP contribution in [0, 0.1) is 29.9 Å². The van der Waals surface area contributed by atoms with E-state index in [0.717, 1.165) is 28.8 Å². The molecule has 2 aromatic carbocycles. The van der Waals surface area contributed by atoms with E-state index in [2.05, 4.69) is 6.07 Å². The highest BCUT2D eigenvalue weighted by atomic mass is 32.1. The van der Waals surface area contributed by atoms with E-state index in [1.165, 1.54) is 11.3 Å². The van der Waals surface area contributed by atoms with Gasteiger partial charge in [0, 0.05) is 22.9 Å². The maximum Gasteiger partial charge on any atom is 0.165 e. The number of nitriles is 1. The van der Waals surface area contributed by atoms with Crippen LogP contribution in [0.15, 0.2) is 35.0 Å². The minimum absolute atomic E-state index is 0.0143. The van der Waals surface area contributed by atoms with Gasteiger partial charge in [0.2, 0.25) is 0 Å². The highest BCUT2D eigenvalue weighted by Gasteiger charge is 2.33. The van der Waals surface area contributed by atoms with E-state index in [9.17, 15) is 24.3 Å². The number of nitrogens with zero attached hydrogens (tertiary/aromatic N) is 1. The summed E-state index contributed by atoms with van der Waals surface area (Å²) in [6.07, 6.45) is 1.75. The number of rotatable bonds is 2. The Kier molecular flexibility index (Phi) is 3.97. The molecule has 0 fully saturated rings. The van der Waals surface area contributed by atoms with Crippen molar-refractivity contribution in [3.8, 4) is 17.6 Å². The van der Waals surface area contributed by atoms with Gasteiger partial charge in [-0.15, -0.1) is 0 Å². The van der Waals surface area contributed by atoms with Gasteiger partial charge in [0.05, 0.1) is 5.56 Å². The Morgan fingerprint density at radius 2 is 1.81 bits per heavy atom. The van der Waals surface area contributed by atoms with Crippen molar-refractivity contribution < 1.29 is 19.0 Å². The predicted molar refractivity (Wildman–Crippen MR) is 99.6 cm³/mol. The number of halogens is 2. The smallest absolute Gasteiger partial charge is 0.165 e. The van der Waals surface area contributed by atoms with Gasteiger partial charge in [0.15, 0.2) is 11.6 Å². The van der Waals surface area contributed by atoms with Gasteiger partial charge in [0.1, 0.15) is 17.6 Å². The molecular weight excluding hydrogens is 368 g/mol. The van der Waals surface area contributed by atoms with Crippen molar-refractivity contribution in [2.75, 3.05) is 0 Å². The van der Waals surface area contributed by atoms with Crippen molar-refractivity contribution >= 4 is 23.0 Å². The summed E-state index contributed by atoms with van der Waals surface area (Å²) in [5.41, 5.74) is 3.93. The van der Waals surface area contributed by atoms with Crippen molar-refractivity contribution in [1.29, 1.82) is 5.26 Å². The zero-order chi connectivity index (χ0) is 19.3. The van der Waals surface area contributed by atoms with Gasteiger partial charge in [-0.25, -0.2) is 8.78 Å². The Labute approximate surface area is 158 Å². The Balaban J connectivity index is 2.01. The average molecular weight is 381 g/mol. The molecular formula is C21H13F2NO2S. The summed E-state index contributed by atoms with van der Waals surface area (Å²) in [5, 5.41) is 32.4. The molecule has 0 saturated heterocycles. The number of allylic oxidation sites excluding steroid dienone is 1. The molecule has 1 aliphatic carbocycles. The second-order valence-corrected chi connectivity index (χ2v) is 7.18. The third-order valence-corrected chi connectivity index (χ3v) is 5.56. The third kappa shape index (κ3) is 2.68. The molecule has 4 rings (SSSR count). The van der Waals surface area contributed by atoms with E-state index in [1.54, 1.807) is 29.0 Å². The first-order chi connectivity index (χ1) is 12.9. The summed E-state index contributed by atoms with van der Waals surface area (Å²) in [5.74, 6) is -2.89. The third-order valence-electron chi connectivity index (χ3n) is 4.80. The molecule has 0 saturated carbocycles. The molecule has 134 valence electrons. The van der Waals surface area contributed by atoms with Crippen LogP contribution in [0.3, 0.4) is 0 Å². The number of benzene rings is 2. The van der Waals surface area contributed by atoms with Gasteiger partial charge in [-0.2, -0.15) is 16.6 Å². The van der Waals surface area contributed by atoms with Crippen LogP contribution in [0.5, 0.6) is 11.5 Å². The summed E-state index contributed by atoms with van der Waals surface area (Å²) < 4.78 is 28.6. The molecule has 0 aliphatic heterocycles. The van der Waals surface area contributed by atoms with E-state index in [0.29, 0.717) is 16.7 Å². The second kappa shape index (κ2) is 6.22. The Bertz CT molecular complexity index is 1160. The fraction of sp³-hybridized carbons (Fsp3) is 0.0952. The molecule has 0 spiro atoms. The summed E-state index contributed by atoms with van der Waals surface area (Å²) in [6.45, 7) is 1.82. The van der Waals surface area contributed by atoms with Crippen molar-refractivity contribution in [1.82, 2.24) is 0 Å². The van der Waals surface area contributed by atoms with Crippen LogP contribution in [0.1, 0.15) is 39.3 Å². The average Bonchev–Trinajstić information content (AvgIpc) is 3.21. The SMILES string of the molecule is Cc1cc(O)cc2c1C=C(c1cc(F)c(O)cc1F)C2c1cscc1C#N. The van der Waals surface area contributed by atoms with Crippen molar-refractivity contribution in [3.63, 3.8) is 0 Å². The molecule has 0 radical (unpaired) electrons.